The van der Waals surface area contributed by atoms with Gasteiger partial charge < -0.3 is 5.32 Å². The van der Waals surface area contributed by atoms with Crippen LogP contribution in [0.15, 0.2) is 24.5 Å². The highest BCUT2D eigenvalue weighted by molar-refractivity contribution is 14.1. The number of amides is 1. The molecule has 1 N–H and O–H groups in total. The highest BCUT2D eigenvalue weighted by Gasteiger charge is 2.14. The zero-order valence-corrected chi connectivity index (χ0v) is 12.3. The molecule has 0 spiro atoms. The monoisotopic (exact) mass is 356 g/mol. The SMILES string of the molecule is CCc1nn(C)cc1C(=O)Nc1ccc(I)cn1. The molecule has 0 saturated carbocycles. The lowest BCUT2D eigenvalue weighted by molar-refractivity contribution is 0.102. The predicted molar refractivity (Wildman–Crippen MR) is 77.5 cm³/mol. The van der Waals surface area contributed by atoms with Gasteiger partial charge in [-0.05, 0) is 41.1 Å². The lowest BCUT2D eigenvalue weighted by Gasteiger charge is -2.03. The summed E-state index contributed by atoms with van der Waals surface area (Å²) in [6, 6.07) is 3.68. The summed E-state index contributed by atoms with van der Waals surface area (Å²) in [5, 5.41) is 7.01. The average molecular weight is 356 g/mol. The number of pyridine rings is 1. The van der Waals surface area contributed by atoms with Crippen molar-refractivity contribution >= 4 is 34.3 Å². The summed E-state index contributed by atoms with van der Waals surface area (Å²) in [6.07, 6.45) is 4.16. The molecule has 6 heteroatoms. The Morgan fingerprint density at radius 1 is 1.50 bits per heavy atom. The van der Waals surface area contributed by atoms with Crippen molar-refractivity contribution in [2.75, 3.05) is 5.32 Å². The number of rotatable bonds is 3. The van der Waals surface area contributed by atoms with Crippen LogP contribution in [0.3, 0.4) is 0 Å². The number of carbonyl (C=O) groups is 1. The number of aryl methyl sites for hydroxylation is 2. The van der Waals surface area contributed by atoms with Crippen molar-refractivity contribution in [1.82, 2.24) is 14.8 Å². The van der Waals surface area contributed by atoms with Crippen LogP contribution in [0, 0.1) is 3.57 Å². The minimum atomic E-state index is -0.173. The van der Waals surface area contributed by atoms with Crippen LogP contribution in [-0.2, 0) is 13.5 Å². The molecule has 2 aromatic rings. The molecule has 2 heterocycles. The van der Waals surface area contributed by atoms with E-state index in [0.29, 0.717) is 11.4 Å². The van der Waals surface area contributed by atoms with E-state index >= 15 is 0 Å². The first-order valence-electron chi connectivity index (χ1n) is 5.55. The molecule has 2 rings (SSSR count). The first kappa shape index (κ1) is 13.0. The molecule has 0 aromatic carbocycles. The third kappa shape index (κ3) is 2.87. The topological polar surface area (TPSA) is 59.8 Å². The van der Waals surface area contributed by atoms with Gasteiger partial charge in [-0.15, -0.1) is 0 Å². The fraction of sp³-hybridized carbons (Fsp3) is 0.250. The second-order valence-corrected chi connectivity index (χ2v) is 5.08. The van der Waals surface area contributed by atoms with Crippen LogP contribution < -0.4 is 5.32 Å². The minimum absolute atomic E-state index is 0.173. The molecule has 0 aliphatic heterocycles. The molecule has 0 saturated heterocycles. The molecule has 0 radical (unpaired) electrons. The lowest BCUT2D eigenvalue weighted by Crippen LogP contribution is -2.14. The Morgan fingerprint density at radius 3 is 2.89 bits per heavy atom. The van der Waals surface area contributed by atoms with Gasteiger partial charge in [0, 0.05) is 23.0 Å². The van der Waals surface area contributed by atoms with Crippen molar-refractivity contribution in [1.29, 1.82) is 0 Å². The fourth-order valence-electron chi connectivity index (χ4n) is 1.62. The number of carbonyl (C=O) groups excluding carboxylic acids is 1. The second kappa shape index (κ2) is 5.47. The van der Waals surface area contributed by atoms with Gasteiger partial charge in [0.1, 0.15) is 5.82 Å². The van der Waals surface area contributed by atoms with Crippen LogP contribution in [-0.4, -0.2) is 20.7 Å². The van der Waals surface area contributed by atoms with E-state index < -0.39 is 0 Å². The van der Waals surface area contributed by atoms with E-state index in [9.17, 15) is 4.79 Å². The molecular formula is C12H13IN4O. The van der Waals surface area contributed by atoms with Crippen LogP contribution in [0.1, 0.15) is 23.0 Å². The Balaban J connectivity index is 2.19. The van der Waals surface area contributed by atoms with Gasteiger partial charge >= 0.3 is 0 Å². The quantitative estimate of drug-likeness (QED) is 0.859. The molecule has 0 bridgehead atoms. The Kier molecular flexibility index (Phi) is 3.95. The fourth-order valence-corrected chi connectivity index (χ4v) is 1.94. The summed E-state index contributed by atoms with van der Waals surface area (Å²) < 4.78 is 2.68. The number of halogens is 1. The summed E-state index contributed by atoms with van der Waals surface area (Å²) in [5.74, 6) is 0.375. The van der Waals surface area contributed by atoms with Crippen molar-refractivity contribution in [2.45, 2.75) is 13.3 Å². The van der Waals surface area contributed by atoms with Crippen LogP contribution >= 0.6 is 22.6 Å². The molecule has 5 nitrogen and oxygen atoms in total. The summed E-state index contributed by atoms with van der Waals surface area (Å²) in [4.78, 5) is 16.2. The minimum Gasteiger partial charge on any atom is -0.306 e. The van der Waals surface area contributed by atoms with E-state index in [-0.39, 0.29) is 5.91 Å². The maximum absolute atomic E-state index is 12.1. The molecular weight excluding hydrogens is 343 g/mol. The van der Waals surface area contributed by atoms with E-state index in [1.165, 1.54) is 0 Å². The number of anilines is 1. The predicted octanol–water partition coefficient (Wildman–Crippen LogP) is 2.23. The van der Waals surface area contributed by atoms with Crippen LogP contribution in [0.4, 0.5) is 5.82 Å². The van der Waals surface area contributed by atoms with Crippen molar-refractivity contribution in [3.63, 3.8) is 0 Å². The van der Waals surface area contributed by atoms with E-state index in [2.05, 4.69) is 38.0 Å². The number of hydrogen-bond donors (Lipinski definition) is 1. The highest BCUT2D eigenvalue weighted by atomic mass is 127. The summed E-state index contributed by atoms with van der Waals surface area (Å²) in [5.41, 5.74) is 1.39. The van der Waals surface area contributed by atoms with Crippen LogP contribution in [0.25, 0.3) is 0 Å². The van der Waals surface area contributed by atoms with Gasteiger partial charge in [-0.2, -0.15) is 5.10 Å². The molecule has 18 heavy (non-hydrogen) atoms. The molecule has 0 unspecified atom stereocenters. The van der Waals surface area contributed by atoms with E-state index in [0.717, 1.165) is 15.7 Å². The van der Waals surface area contributed by atoms with Gasteiger partial charge in [-0.1, -0.05) is 6.92 Å². The van der Waals surface area contributed by atoms with Crippen molar-refractivity contribution < 1.29 is 4.79 Å². The van der Waals surface area contributed by atoms with Crippen LogP contribution in [0.5, 0.6) is 0 Å². The number of nitrogens with one attached hydrogen (secondary N) is 1. The van der Waals surface area contributed by atoms with Gasteiger partial charge in [0.05, 0.1) is 11.3 Å². The van der Waals surface area contributed by atoms with Crippen molar-refractivity contribution in [2.24, 2.45) is 7.05 Å². The van der Waals surface area contributed by atoms with Gasteiger partial charge in [-0.25, -0.2) is 4.98 Å². The molecule has 0 fully saturated rings. The van der Waals surface area contributed by atoms with E-state index in [1.807, 2.05) is 13.0 Å². The average Bonchev–Trinajstić information content (AvgIpc) is 2.73. The largest absolute Gasteiger partial charge is 0.306 e. The molecule has 0 atom stereocenters. The summed E-state index contributed by atoms with van der Waals surface area (Å²) in [6.45, 7) is 1.97. The Morgan fingerprint density at radius 2 is 2.28 bits per heavy atom. The van der Waals surface area contributed by atoms with Crippen LogP contribution in [0.2, 0.25) is 0 Å². The number of hydrogen-bond acceptors (Lipinski definition) is 3. The first-order valence-corrected chi connectivity index (χ1v) is 6.63. The van der Waals surface area contributed by atoms with Crippen molar-refractivity contribution in [3.05, 3.63) is 39.4 Å². The third-order valence-electron chi connectivity index (χ3n) is 2.45. The van der Waals surface area contributed by atoms with Gasteiger partial charge in [0.15, 0.2) is 0 Å². The zero-order chi connectivity index (χ0) is 13.1. The normalized spacial score (nSPS) is 10.4. The van der Waals surface area contributed by atoms with Gasteiger partial charge in [0.25, 0.3) is 5.91 Å². The maximum atomic E-state index is 12.1. The zero-order valence-electron chi connectivity index (χ0n) is 10.1. The van der Waals surface area contributed by atoms with E-state index in [4.69, 9.17) is 0 Å². The molecule has 0 aliphatic rings. The Hall–Kier alpha value is -1.44. The van der Waals surface area contributed by atoms with Crippen molar-refractivity contribution in [3.8, 4) is 0 Å². The third-order valence-corrected chi connectivity index (χ3v) is 3.09. The lowest BCUT2D eigenvalue weighted by atomic mass is 10.2. The number of nitrogens with zero attached hydrogens (tertiary/aromatic N) is 3. The Labute approximate surface area is 119 Å². The standard InChI is InChI=1S/C12H13IN4O/c1-3-10-9(7-17(2)16-10)12(18)15-11-5-4-8(13)6-14-11/h4-7H,3H2,1-2H3,(H,14,15,18). The number of aromatic nitrogens is 3. The Bertz CT molecular complexity index is 562. The molecule has 2 aromatic heterocycles. The summed E-state index contributed by atoms with van der Waals surface area (Å²) >= 11 is 2.17. The summed E-state index contributed by atoms with van der Waals surface area (Å²) in [7, 11) is 1.80. The van der Waals surface area contributed by atoms with E-state index in [1.54, 1.807) is 30.2 Å². The molecule has 0 aliphatic carbocycles. The highest BCUT2D eigenvalue weighted by Crippen LogP contribution is 2.12. The smallest absolute Gasteiger partial charge is 0.260 e. The van der Waals surface area contributed by atoms with Gasteiger partial charge in [0.2, 0.25) is 0 Å². The molecule has 1 amide bonds. The van der Waals surface area contributed by atoms with Gasteiger partial charge in [-0.3, -0.25) is 9.48 Å². The second-order valence-electron chi connectivity index (χ2n) is 3.83. The molecule has 94 valence electrons. The maximum Gasteiger partial charge on any atom is 0.260 e. The first-order chi connectivity index (χ1) is 8.60.